The molecule has 0 radical (unpaired) electrons. The highest BCUT2D eigenvalue weighted by Crippen LogP contribution is 2.50. The van der Waals surface area contributed by atoms with Crippen molar-refractivity contribution in [2.75, 3.05) is 0 Å². The average Bonchev–Trinajstić information content (AvgIpc) is 2.15. The third kappa shape index (κ3) is 0.812. The van der Waals surface area contributed by atoms with Crippen molar-refractivity contribution in [2.45, 2.75) is 18.8 Å². The molecule has 0 nitrogen and oxygen atoms in total. The van der Waals surface area contributed by atoms with E-state index in [4.69, 9.17) is 6.42 Å². The molecule has 1 unspecified atom stereocenters. The first kappa shape index (κ1) is 5.55. The Morgan fingerprint density at radius 1 is 1.75 bits per heavy atom. The molecule has 1 rings (SSSR count). The summed E-state index contributed by atoms with van der Waals surface area (Å²) in [6.07, 6.45) is 5.03. The molecular formula is C6H6F2. The van der Waals surface area contributed by atoms with Crippen LogP contribution in [0.2, 0.25) is 0 Å². The fourth-order valence-corrected chi connectivity index (χ4v) is 0.633. The highest BCUT2D eigenvalue weighted by molar-refractivity contribution is 5.02. The minimum absolute atomic E-state index is 0.00278. The smallest absolute Gasteiger partial charge is 0.207 e. The van der Waals surface area contributed by atoms with Gasteiger partial charge in [-0.05, 0) is 0 Å². The molecule has 1 atom stereocenters. The van der Waals surface area contributed by atoms with Crippen LogP contribution in [0.1, 0.15) is 12.8 Å². The van der Waals surface area contributed by atoms with E-state index >= 15 is 0 Å². The van der Waals surface area contributed by atoms with E-state index in [2.05, 4.69) is 5.92 Å². The lowest BCUT2D eigenvalue weighted by atomic mass is 10.3. The summed E-state index contributed by atoms with van der Waals surface area (Å²) in [6, 6.07) is 0. The summed E-state index contributed by atoms with van der Waals surface area (Å²) in [5, 5.41) is 0. The van der Waals surface area contributed by atoms with Gasteiger partial charge in [-0.3, -0.25) is 0 Å². The molecule has 1 saturated carbocycles. The fraction of sp³-hybridized carbons (Fsp3) is 0.667. The average molecular weight is 116 g/mol. The number of rotatable bonds is 1. The molecule has 0 aromatic rings. The first-order valence-electron chi connectivity index (χ1n) is 2.48. The van der Waals surface area contributed by atoms with Gasteiger partial charge in [0.1, 0.15) is 0 Å². The van der Waals surface area contributed by atoms with Gasteiger partial charge in [-0.15, -0.1) is 12.3 Å². The van der Waals surface area contributed by atoms with Gasteiger partial charge >= 0.3 is 0 Å². The minimum atomic E-state index is -2.42. The quantitative estimate of drug-likeness (QED) is 0.457. The summed E-state index contributed by atoms with van der Waals surface area (Å²) in [4.78, 5) is 0. The number of hydrogen-bond donors (Lipinski definition) is 0. The standard InChI is InChI=1S/C6H6F2/c1-2-3-5-4-6(5,7)8/h1,5H,3-4H2. The van der Waals surface area contributed by atoms with Crippen molar-refractivity contribution < 1.29 is 8.78 Å². The second-order valence-corrected chi connectivity index (χ2v) is 2.07. The van der Waals surface area contributed by atoms with Crippen molar-refractivity contribution in [3.05, 3.63) is 0 Å². The lowest BCUT2D eigenvalue weighted by molar-refractivity contribution is 0.0999. The highest BCUT2D eigenvalue weighted by Gasteiger charge is 2.55. The molecule has 0 saturated heterocycles. The third-order valence-corrected chi connectivity index (χ3v) is 1.32. The van der Waals surface area contributed by atoms with E-state index in [0.717, 1.165) is 0 Å². The summed E-state index contributed by atoms with van der Waals surface area (Å²) in [6.45, 7) is 0. The lowest BCUT2D eigenvalue weighted by Crippen LogP contribution is -1.91. The van der Waals surface area contributed by atoms with E-state index in [1.165, 1.54) is 0 Å². The van der Waals surface area contributed by atoms with E-state index in [-0.39, 0.29) is 12.8 Å². The Bertz CT molecular complexity index is 132. The van der Waals surface area contributed by atoms with Crippen LogP contribution in [0.4, 0.5) is 8.78 Å². The molecule has 1 fully saturated rings. The van der Waals surface area contributed by atoms with E-state index in [1.54, 1.807) is 0 Å². The molecule has 8 heavy (non-hydrogen) atoms. The van der Waals surface area contributed by atoms with Gasteiger partial charge in [0.05, 0.1) is 0 Å². The highest BCUT2D eigenvalue weighted by atomic mass is 19.3. The zero-order chi connectivity index (χ0) is 6.20. The maximum absolute atomic E-state index is 11.9. The molecule has 1 aliphatic carbocycles. The first-order valence-corrected chi connectivity index (χ1v) is 2.48. The maximum atomic E-state index is 11.9. The van der Waals surface area contributed by atoms with E-state index in [1.807, 2.05) is 0 Å². The SMILES string of the molecule is C#CCC1CC1(F)F. The molecule has 0 spiro atoms. The minimum Gasteiger partial charge on any atom is -0.207 e. The number of terminal acetylenes is 1. The van der Waals surface area contributed by atoms with Crippen LogP contribution in [0.25, 0.3) is 0 Å². The Morgan fingerprint density at radius 3 is 2.38 bits per heavy atom. The van der Waals surface area contributed by atoms with Crippen LogP contribution in [0.3, 0.4) is 0 Å². The molecule has 0 bridgehead atoms. The predicted molar refractivity (Wildman–Crippen MR) is 26.5 cm³/mol. The van der Waals surface area contributed by atoms with Gasteiger partial charge < -0.3 is 0 Å². The van der Waals surface area contributed by atoms with E-state index in [9.17, 15) is 8.78 Å². The van der Waals surface area contributed by atoms with Crippen molar-refractivity contribution in [2.24, 2.45) is 5.92 Å². The second kappa shape index (κ2) is 1.45. The zero-order valence-electron chi connectivity index (χ0n) is 4.32. The van der Waals surface area contributed by atoms with Crippen molar-refractivity contribution >= 4 is 0 Å². The summed E-state index contributed by atoms with van der Waals surface area (Å²) in [5.41, 5.74) is 0. The summed E-state index contributed by atoms with van der Waals surface area (Å²) in [5.74, 6) is -0.726. The summed E-state index contributed by atoms with van der Waals surface area (Å²) >= 11 is 0. The van der Waals surface area contributed by atoms with Gasteiger partial charge in [-0.1, -0.05) is 0 Å². The molecule has 0 aromatic carbocycles. The monoisotopic (exact) mass is 116 g/mol. The Morgan fingerprint density at radius 2 is 2.25 bits per heavy atom. The molecule has 2 heteroatoms. The van der Waals surface area contributed by atoms with E-state index in [0.29, 0.717) is 0 Å². The molecule has 1 aliphatic rings. The molecule has 0 N–H and O–H groups in total. The molecule has 0 aliphatic heterocycles. The van der Waals surface area contributed by atoms with Gasteiger partial charge in [-0.25, -0.2) is 8.78 Å². The van der Waals surface area contributed by atoms with Crippen LogP contribution < -0.4 is 0 Å². The topological polar surface area (TPSA) is 0 Å². The Kier molecular flexibility index (Phi) is 1.00. The molecular weight excluding hydrogens is 110 g/mol. The number of halogens is 2. The molecule has 0 aromatic heterocycles. The van der Waals surface area contributed by atoms with Gasteiger partial charge in [0, 0.05) is 18.8 Å². The van der Waals surface area contributed by atoms with Crippen molar-refractivity contribution in [3.8, 4) is 12.3 Å². The maximum Gasteiger partial charge on any atom is 0.252 e. The molecule has 44 valence electrons. The Hall–Kier alpha value is -0.580. The molecule has 0 heterocycles. The van der Waals surface area contributed by atoms with E-state index < -0.39 is 11.8 Å². The largest absolute Gasteiger partial charge is 0.252 e. The van der Waals surface area contributed by atoms with Gasteiger partial charge in [0.2, 0.25) is 0 Å². The van der Waals surface area contributed by atoms with Crippen molar-refractivity contribution in [1.82, 2.24) is 0 Å². The second-order valence-electron chi connectivity index (χ2n) is 2.07. The van der Waals surface area contributed by atoms with Crippen LogP contribution in [0.15, 0.2) is 0 Å². The van der Waals surface area contributed by atoms with Crippen molar-refractivity contribution in [1.29, 1.82) is 0 Å². The molecule has 0 amide bonds. The predicted octanol–water partition coefficient (Wildman–Crippen LogP) is 1.66. The lowest BCUT2D eigenvalue weighted by Gasteiger charge is -1.87. The van der Waals surface area contributed by atoms with Crippen LogP contribution in [0.5, 0.6) is 0 Å². The Balaban J connectivity index is 2.29. The Labute approximate surface area is 46.9 Å². The zero-order valence-corrected chi connectivity index (χ0v) is 4.32. The number of alkyl halides is 2. The van der Waals surface area contributed by atoms with Crippen LogP contribution >= 0.6 is 0 Å². The van der Waals surface area contributed by atoms with Crippen LogP contribution in [-0.4, -0.2) is 5.92 Å². The van der Waals surface area contributed by atoms with Gasteiger partial charge in [0.15, 0.2) is 0 Å². The van der Waals surface area contributed by atoms with Gasteiger partial charge in [-0.2, -0.15) is 0 Å². The summed E-state index contributed by atoms with van der Waals surface area (Å²) < 4.78 is 23.8. The van der Waals surface area contributed by atoms with Crippen LogP contribution in [-0.2, 0) is 0 Å². The normalized spacial score (nSPS) is 31.4. The third-order valence-electron chi connectivity index (χ3n) is 1.32. The van der Waals surface area contributed by atoms with Crippen LogP contribution in [0, 0.1) is 18.3 Å². The first-order chi connectivity index (χ1) is 3.67. The van der Waals surface area contributed by atoms with Gasteiger partial charge in [0.25, 0.3) is 5.92 Å². The number of hydrogen-bond acceptors (Lipinski definition) is 0. The summed E-state index contributed by atoms with van der Waals surface area (Å²) in [7, 11) is 0. The van der Waals surface area contributed by atoms with Crippen molar-refractivity contribution in [3.63, 3.8) is 0 Å². The fourth-order valence-electron chi connectivity index (χ4n) is 0.633.